The van der Waals surface area contributed by atoms with Gasteiger partial charge in [0, 0.05) is 18.5 Å². The minimum absolute atomic E-state index is 0.228. The third-order valence-corrected chi connectivity index (χ3v) is 4.13. The Bertz CT molecular complexity index is 715. The predicted molar refractivity (Wildman–Crippen MR) is 92.8 cm³/mol. The molecule has 23 heavy (non-hydrogen) atoms. The number of hydrogen-bond acceptors (Lipinski definition) is 3. The van der Waals surface area contributed by atoms with Gasteiger partial charge >= 0.3 is 0 Å². The first-order valence-corrected chi connectivity index (χ1v) is 7.84. The fraction of sp³-hybridized carbons (Fsp3) is 0.167. The van der Waals surface area contributed by atoms with Crippen molar-refractivity contribution < 1.29 is 9.59 Å². The van der Waals surface area contributed by atoms with E-state index in [4.69, 9.17) is 12.2 Å². The Morgan fingerprint density at radius 3 is 2.00 bits per heavy atom. The molecule has 3 rings (SSSR count). The van der Waals surface area contributed by atoms with Crippen LogP contribution >= 0.6 is 12.2 Å². The first-order chi connectivity index (χ1) is 11.2. The molecule has 116 valence electrons. The Morgan fingerprint density at radius 2 is 1.43 bits per heavy atom. The number of thiocarbonyl (C=S) groups is 1. The number of likely N-dealkylation sites (tertiary alicyclic amines) is 1. The zero-order chi connectivity index (χ0) is 16.2. The third-order valence-electron chi connectivity index (χ3n) is 3.73. The molecule has 1 heterocycles. The summed E-state index contributed by atoms with van der Waals surface area (Å²) in [5.74, 6) is -0.456. The number of amides is 2. The summed E-state index contributed by atoms with van der Waals surface area (Å²) in [5, 5.41) is 0.243. The number of para-hydroxylation sites is 1. The second-order valence-electron chi connectivity index (χ2n) is 5.31. The van der Waals surface area contributed by atoms with Gasteiger partial charge < -0.3 is 4.90 Å². The highest BCUT2D eigenvalue weighted by Crippen LogP contribution is 2.22. The van der Waals surface area contributed by atoms with Crippen molar-refractivity contribution in [2.75, 3.05) is 4.90 Å². The van der Waals surface area contributed by atoms with Crippen LogP contribution in [-0.4, -0.2) is 21.8 Å². The Balaban J connectivity index is 1.93. The molecule has 1 saturated heterocycles. The summed E-state index contributed by atoms with van der Waals surface area (Å²) in [5.41, 5.74) is 1.91. The van der Waals surface area contributed by atoms with Crippen molar-refractivity contribution in [2.24, 2.45) is 0 Å². The van der Waals surface area contributed by atoms with Gasteiger partial charge in [-0.2, -0.15) is 0 Å². The van der Waals surface area contributed by atoms with Crippen molar-refractivity contribution >= 4 is 34.8 Å². The van der Waals surface area contributed by atoms with Gasteiger partial charge in [-0.15, -0.1) is 0 Å². The summed E-state index contributed by atoms with van der Waals surface area (Å²) in [6.45, 7) is 0.501. The van der Waals surface area contributed by atoms with Crippen molar-refractivity contribution in [1.29, 1.82) is 0 Å². The monoisotopic (exact) mass is 324 g/mol. The number of nitrogens with zero attached hydrogens (tertiary/aromatic N) is 2. The van der Waals surface area contributed by atoms with Gasteiger partial charge in [0.05, 0.1) is 6.54 Å². The van der Waals surface area contributed by atoms with E-state index in [2.05, 4.69) is 0 Å². The van der Waals surface area contributed by atoms with Crippen molar-refractivity contribution in [3.63, 3.8) is 0 Å². The number of hydrogen-bond donors (Lipinski definition) is 0. The predicted octanol–water partition coefficient (Wildman–Crippen LogP) is 3.13. The molecule has 0 bridgehead atoms. The minimum atomic E-state index is -0.228. The largest absolute Gasteiger partial charge is 0.314 e. The molecule has 0 aromatic heterocycles. The highest BCUT2D eigenvalue weighted by molar-refractivity contribution is 7.80. The summed E-state index contributed by atoms with van der Waals surface area (Å²) in [6, 6.07) is 19.4. The Hall–Kier alpha value is -2.53. The first-order valence-electron chi connectivity index (χ1n) is 7.43. The van der Waals surface area contributed by atoms with Gasteiger partial charge in [0.1, 0.15) is 0 Å². The molecule has 2 amide bonds. The maximum absolute atomic E-state index is 12.0. The van der Waals surface area contributed by atoms with Crippen molar-refractivity contribution in [3.05, 3.63) is 66.2 Å². The summed E-state index contributed by atoms with van der Waals surface area (Å²) in [6.07, 6.45) is 0.458. The van der Waals surface area contributed by atoms with Crippen LogP contribution in [0.1, 0.15) is 18.4 Å². The molecule has 1 aliphatic heterocycles. The lowest BCUT2D eigenvalue weighted by atomic mass is 10.2. The second kappa shape index (κ2) is 6.71. The van der Waals surface area contributed by atoms with Crippen LogP contribution in [0.3, 0.4) is 0 Å². The quantitative estimate of drug-likeness (QED) is 0.642. The number of benzene rings is 2. The first kappa shape index (κ1) is 15.4. The molecule has 0 radical (unpaired) electrons. The van der Waals surface area contributed by atoms with Crippen molar-refractivity contribution in [3.8, 4) is 0 Å². The molecule has 4 nitrogen and oxygen atoms in total. The van der Waals surface area contributed by atoms with Crippen molar-refractivity contribution in [2.45, 2.75) is 19.4 Å². The smallest absolute Gasteiger partial charge is 0.236 e. The number of carbonyl (C=O) groups is 2. The molecule has 1 aliphatic rings. The van der Waals surface area contributed by atoms with Gasteiger partial charge in [0.2, 0.25) is 11.8 Å². The molecule has 2 aromatic carbocycles. The molecule has 0 saturated carbocycles. The van der Waals surface area contributed by atoms with Gasteiger partial charge in [-0.25, -0.2) is 4.90 Å². The molecule has 0 spiro atoms. The molecule has 0 N–H and O–H groups in total. The van der Waals surface area contributed by atoms with Gasteiger partial charge in [-0.3, -0.25) is 9.59 Å². The second-order valence-corrected chi connectivity index (χ2v) is 5.68. The lowest BCUT2D eigenvalue weighted by molar-refractivity contribution is -0.133. The number of rotatable bonds is 3. The number of carbonyl (C=O) groups excluding carboxylic acids is 2. The van der Waals surface area contributed by atoms with Crippen LogP contribution < -0.4 is 4.90 Å². The molecule has 1 fully saturated rings. The zero-order valence-corrected chi connectivity index (χ0v) is 13.3. The van der Waals surface area contributed by atoms with Crippen LogP contribution in [0.2, 0.25) is 0 Å². The third kappa shape index (κ3) is 3.29. The van der Waals surface area contributed by atoms with E-state index in [0.29, 0.717) is 6.54 Å². The molecular formula is C18H16N2O2S. The van der Waals surface area contributed by atoms with Gasteiger partial charge in [0.25, 0.3) is 0 Å². The molecular weight excluding hydrogens is 308 g/mol. The SMILES string of the molecule is O=C1CCC(=O)N1C(=S)N(Cc1ccccc1)c1ccccc1. The van der Waals surface area contributed by atoms with Gasteiger partial charge in [-0.05, 0) is 29.9 Å². The summed E-state index contributed by atoms with van der Waals surface area (Å²) in [4.78, 5) is 27.0. The van der Waals surface area contributed by atoms with E-state index in [1.165, 1.54) is 0 Å². The topological polar surface area (TPSA) is 40.6 Å². The van der Waals surface area contributed by atoms with Crippen LogP contribution in [0.15, 0.2) is 60.7 Å². The van der Waals surface area contributed by atoms with E-state index in [9.17, 15) is 9.59 Å². The minimum Gasteiger partial charge on any atom is -0.314 e. The Morgan fingerprint density at radius 1 is 0.913 bits per heavy atom. The van der Waals surface area contributed by atoms with E-state index in [1.54, 1.807) is 0 Å². The van der Waals surface area contributed by atoms with E-state index in [-0.39, 0.29) is 29.8 Å². The lowest BCUT2D eigenvalue weighted by Gasteiger charge is -2.29. The van der Waals surface area contributed by atoms with Crippen LogP contribution in [0.4, 0.5) is 5.69 Å². The standard InChI is InChI=1S/C18H16N2O2S/c21-16-11-12-17(22)20(16)18(23)19(15-9-5-2-6-10-15)13-14-7-3-1-4-8-14/h1-10H,11-13H2. The maximum Gasteiger partial charge on any atom is 0.236 e. The highest BCUT2D eigenvalue weighted by Gasteiger charge is 2.34. The van der Waals surface area contributed by atoms with E-state index in [1.807, 2.05) is 65.6 Å². The Labute approximate surface area is 140 Å². The average Bonchev–Trinajstić information content (AvgIpc) is 2.92. The fourth-order valence-electron chi connectivity index (χ4n) is 2.55. The maximum atomic E-state index is 12.0. The molecule has 0 aliphatic carbocycles. The number of imide groups is 1. The zero-order valence-electron chi connectivity index (χ0n) is 12.5. The van der Waals surface area contributed by atoms with Crippen molar-refractivity contribution in [1.82, 2.24) is 4.90 Å². The number of anilines is 1. The van der Waals surface area contributed by atoms with Crippen LogP contribution in [0.25, 0.3) is 0 Å². The highest BCUT2D eigenvalue weighted by atomic mass is 32.1. The molecule has 0 unspecified atom stereocenters. The summed E-state index contributed by atoms with van der Waals surface area (Å²) >= 11 is 5.48. The van der Waals surface area contributed by atoms with Crippen LogP contribution in [-0.2, 0) is 16.1 Å². The van der Waals surface area contributed by atoms with E-state index >= 15 is 0 Å². The molecule has 0 atom stereocenters. The normalized spacial score (nSPS) is 14.2. The van der Waals surface area contributed by atoms with Gasteiger partial charge in [-0.1, -0.05) is 48.5 Å². The van der Waals surface area contributed by atoms with Crippen LogP contribution in [0.5, 0.6) is 0 Å². The van der Waals surface area contributed by atoms with Gasteiger partial charge in [0.15, 0.2) is 5.11 Å². The summed E-state index contributed by atoms with van der Waals surface area (Å²) in [7, 11) is 0. The molecule has 5 heteroatoms. The lowest BCUT2D eigenvalue weighted by Crippen LogP contribution is -2.45. The van der Waals surface area contributed by atoms with E-state index < -0.39 is 0 Å². The molecule has 2 aromatic rings. The van der Waals surface area contributed by atoms with Crippen LogP contribution in [0, 0.1) is 0 Å². The summed E-state index contributed by atoms with van der Waals surface area (Å²) < 4.78 is 0. The Kier molecular flexibility index (Phi) is 4.48. The van der Waals surface area contributed by atoms with E-state index in [0.717, 1.165) is 16.2 Å². The average molecular weight is 324 g/mol. The fourth-order valence-corrected chi connectivity index (χ4v) is 2.93.